The van der Waals surface area contributed by atoms with Crippen molar-refractivity contribution in [2.45, 2.75) is 17.7 Å². The highest BCUT2D eigenvalue weighted by molar-refractivity contribution is 7.89. The maximum absolute atomic E-state index is 12.8. The minimum absolute atomic E-state index is 0.0689. The third-order valence-electron chi connectivity index (χ3n) is 5.42. The molecule has 140 valence electrons. The fraction of sp³-hybridized carbons (Fsp3) is 0.500. The molecule has 2 aliphatic carbocycles. The molecule has 0 aromatic heterocycles. The summed E-state index contributed by atoms with van der Waals surface area (Å²) in [5.41, 5.74) is 0.345. The van der Waals surface area contributed by atoms with Crippen LogP contribution in [-0.4, -0.2) is 44.9 Å². The number of morpholine rings is 1. The number of sulfonamides is 1. The molecule has 3 aliphatic rings. The van der Waals surface area contributed by atoms with Gasteiger partial charge in [0.25, 0.3) is 0 Å². The summed E-state index contributed by atoms with van der Waals surface area (Å²) >= 11 is 6.20. The number of carbonyl (C=O) groups excluding carboxylic acids is 1. The zero-order chi connectivity index (χ0) is 18.3. The Labute approximate surface area is 158 Å². The van der Waals surface area contributed by atoms with Gasteiger partial charge in [0.15, 0.2) is 0 Å². The summed E-state index contributed by atoms with van der Waals surface area (Å²) < 4.78 is 32.2. The monoisotopic (exact) mass is 396 g/mol. The summed E-state index contributed by atoms with van der Waals surface area (Å²) in [6.07, 6.45) is 6.16. The lowest BCUT2D eigenvalue weighted by Gasteiger charge is -2.26. The van der Waals surface area contributed by atoms with Crippen LogP contribution in [-0.2, 0) is 19.6 Å². The highest BCUT2D eigenvalue weighted by Crippen LogP contribution is 2.44. The second kappa shape index (κ2) is 6.96. The molecule has 1 amide bonds. The second-order valence-corrected chi connectivity index (χ2v) is 9.38. The topological polar surface area (TPSA) is 75.7 Å². The number of rotatable bonds is 4. The minimum Gasteiger partial charge on any atom is -0.379 e. The van der Waals surface area contributed by atoms with Crippen molar-refractivity contribution < 1.29 is 17.9 Å². The molecular weight excluding hydrogens is 376 g/mol. The number of amides is 1. The van der Waals surface area contributed by atoms with Gasteiger partial charge in [-0.1, -0.05) is 23.8 Å². The average Bonchev–Trinajstić information content (AvgIpc) is 3.27. The maximum Gasteiger partial charge on any atom is 0.243 e. The summed E-state index contributed by atoms with van der Waals surface area (Å²) in [5, 5.41) is 3.17. The number of hydrogen-bond acceptors (Lipinski definition) is 4. The first-order valence-electron chi connectivity index (χ1n) is 8.82. The van der Waals surface area contributed by atoms with E-state index in [-0.39, 0.29) is 22.6 Å². The molecule has 3 unspecified atom stereocenters. The van der Waals surface area contributed by atoms with Gasteiger partial charge in [-0.15, -0.1) is 0 Å². The fourth-order valence-corrected chi connectivity index (χ4v) is 5.60. The van der Waals surface area contributed by atoms with Crippen molar-refractivity contribution in [2.24, 2.45) is 17.8 Å². The van der Waals surface area contributed by atoms with Gasteiger partial charge in [0.1, 0.15) is 0 Å². The molecule has 1 aromatic rings. The normalized spacial score (nSPS) is 28.4. The molecule has 1 saturated carbocycles. The van der Waals surface area contributed by atoms with Crippen molar-refractivity contribution in [3.8, 4) is 0 Å². The Kier molecular flexibility index (Phi) is 4.81. The van der Waals surface area contributed by atoms with Crippen LogP contribution in [0.4, 0.5) is 5.69 Å². The second-order valence-electron chi connectivity index (χ2n) is 7.03. The van der Waals surface area contributed by atoms with E-state index < -0.39 is 10.0 Å². The van der Waals surface area contributed by atoms with Crippen LogP contribution in [0.3, 0.4) is 0 Å². The van der Waals surface area contributed by atoms with Gasteiger partial charge in [-0.2, -0.15) is 4.31 Å². The summed E-state index contributed by atoms with van der Waals surface area (Å²) in [5.74, 6) is 0.600. The van der Waals surface area contributed by atoms with E-state index in [4.69, 9.17) is 16.3 Å². The number of halogens is 1. The summed E-state index contributed by atoms with van der Waals surface area (Å²) in [6, 6.07) is 4.45. The molecule has 6 nitrogen and oxygen atoms in total. The number of anilines is 1. The standard InChI is InChI=1S/C18H21ClN2O4S/c19-16-4-3-14(26(23,24)21-5-7-25-8-6-21)11-17(16)20-18(22)15-10-12-1-2-13(15)9-12/h1-4,11-13,15H,5-10H2,(H,20,22). The van der Waals surface area contributed by atoms with Crippen molar-refractivity contribution in [1.29, 1.82) is 0 Å². The molecule has 0 radical (unpaired) electrons. The Hall–Kier alpha value is -1.41. The first-order valence-corrected chi connectivity index (χ1v) is 10.6. The van der Waals surface area contributed by atoms with Crippen LogP contribution < -0.4 is 5.32 Å². The van der Waals surface area contributed by atoms with Crippen molar-refractivity contribution in [1.82, 2.24) is 4.31 Å². The third-order valence-corrected chi connectivity index (χ3v) is 7.64. The highest BCUT2D eigenvalue weighted by atomic mass is 35.5. The average molecular weight is 397 g/mol. The van der Waals surface area contributed by atoms with Crippen LogP contribution in [0.5, 0.6) is 0 Å². The number of nitrogens with zero attached hydrogens (tertiary/aromatic N) is 1. The smallest absolute Gasteiger partial charge is 0.243 e. The molecule has 1 aliphatic heterocycles. The first-order chi connectivity index (χ1) is 12.4. The van der Waals surface area contributed by atoms with Crippen molar-refractivity contribution >= 4 is 33.2 Å². The van der Waals surface area contributed by atoms with E-state index in [1.807, 2.05) is 0 Å². The largest absolute Gasteiger partial charge is 0.379 e. The van der Waals surface area contributed by atoms with Crippen LogP contribution in [0, 0.1) is 17.8 Å². The van der Waals surface area contributed by atoms with Crippen molar-refractivity contribution in [3.63, 3.8) is 0 Å². The molecule has 1 saturated heterocycles. The van der Waals surface area contributed by atoms with Crippen LogP contribution in [0.2, 0.25) is 5.02 Å². The molecule has 2 bridgehead atoms. The molecular formula is C18H21ClN2O4S. The molecule has 1 aromatic carbocycles. The number of ether oxygens (including phenoxy) is 1. The predicted molar refractivity (Wildman–Crippen MR) is 98.5 cm³/mol. The van der Waals surface area contributed by atoms with E-state index in [1.165, 1.54) is 22.5 Å². The molecule has 0 spiro atoms. The number of fused-ring (bicyclic) bond motifs is 2. The molecule has 1 N–H and O–H groups in total. The van der Waals surface area contributed by atoms with Crippen molar-refractivity contribution in [3.05, 3.63) is 35.4 Å². The lowest BCUT2D eigenvalue weighted by Crippen LogP contribution is -2.40. The van der Waals surface area contributed by atoms with Crippen LogP contribution in [0.1, 0.15) is 12.8 Å². The van der Waals surface area contributed by atoms with Gasteiger partial charge in [-0.3, -0.25) is 4.79 Å². The zero-order valence-corrected chi connectivity index (χ0v) is 15.8. The summed E-state index contributed by atoms with van der Waals surface area (Å²) in [7, 11) is -3.63. The van der Waals surface area contributed by atoms with E-state index in [9.17, 15) is 13.2 Å². The lowest BCUT2D eigenvalue weighted by atomic mass is 9.93. The fourth-order valence-electron chi connectivity index (χ4n) is 4.00. The quantitative estimate of drug-likeness (QED) is 0.793. The van der Waals surface area contributed by atoms with Gasteiger partial charge in [0.05, 0.1) is 28.8 Å². The SMILES string of the molecule is O=C(Nc1cc(S(=O)(=O)N2CCOCC2)ccc1Cl)C1CC2C=CC1C2. The van der Waals surface area contributed by atoms with E-state index in [0.29, 0.717) is 42.9 Å². The molecule has 2 fully saturated rings. The predicted octanol–water partition coefficient (Wildman–Crippen LogP) is 2.51. The highest BCUT2D eigenvalue weighted by Gasteiger charge is 2.40. The maximum atomic E-state index is 12.8. The Morgan fingerprint density at radius 3 is 2.62 bits per heavy atom. The van der Waals surface area contributed by atoms with E-state index in [1.54, 1.807) is 0 Å². The third kappa shape index (κ3) is 3.29. The van der Waals surface area contributed by atoms with E-state index in [2.05, 4.69) is 17.5 Å². The number of benzene rings is 1. The van der Waals surface area contributed by atoms with Gasteiger partial charge in [-0.05, 0) is 42.9 Å². The molecule has 4 rings (SSSR count). The van der Waals surface area contributed by atoms with Crippen molar-refractivity contribution in [2.75, 3.05) is 31.6 Å². The number of allylic oxidation sites excluding steroid dienone is 2. The lowest BCUT2D eigenvalue weighted by molar-refractivity contribution is -0.120. The Morgan fingerprint density at radius 2 is 1.96 bits per heavy atom. The number of nitrogens with one attached hydrogen (secondary N) is 1. The van der Waals surface area contributed by atoms with Gasteiger partial charge in [0.2, 0.25) is 15.9 Å². The van der Waals surface area contributed by atoms with Gasteiger partial charge >= 0.3 is 0 Å². The van der Waals surface area contributed by atoms with Gasteiger partial charge in [-0.25, -0.2) is 8.42 Å². The van der Waals surface area contributed by atoms with Crippen LogP contribution in [0.15, 0.2) is 35.2 Å². The van der Waals surface area contributed by atoms with Crippen LogP contribution in [0.25, 0.3) is 0 Å². The van der Waals surface area contributed by atoms with E-state index in [0.717, 1.165) is 12.8 Å². The van der Waals surface area contributed by atoms with E-state index >= 15 is 0 Å². The summed E-state index contributed by atoms with van der Waals surface area (Å²) in [6.45, 7) is 1.41. The molecule has 26 heavy (non-hydrogen) atoms. The Bertz CT molecular complexity index is 849. The first kappa shape index (κ1) is 18.0. The Morgan fingerprint density at radius 1 is 1.19 bits per heavy atom. The molecule has 8 heteroatoms. The molecule has 3 atom stereocenters. The van der Waals surface area contributed by atoms with Gasteiger partial charge in [0, 0.05) is 19.0 Å². The molecule has 1 heterocycles. The summed E-state index contributed by atoms with van der Waals surface area (Å²) in [4.78, 5) is 12.8. The minimum atomic E-state index is -3.63. The number of hydrogen-bond donors (Lipinski definition) is 1. The zero-order valence-electron chi connectivity index (χ0n) is 14.2. The Balaban J connectivity index is 1.54. The number of carbonyl (C=O) groups is 1. The van der Waals surface area contributed by atoms with Gasteiger partial charge < -0.3 is 10.1 Å². The van der Waals surface area contributed by atoms with Crippen LogP contribution >= 0.6 is 11.6 Å².